The Labute approximate surface area is 135 Å². The fourth-order valence-electron chi connectivity index (χ4n) is 2.50. The van der Waals surface area contributed by atoms with Crippen LogP contribution in [0, 0.1) is 0 Å². The summed E-state index contributed by atoms with van der Waals surface area (Å²) in [5.74, 6) is 0.800. The molecule has 118 valence electrons. The van der Waals surface area contributed by atoms with Crippen molar-refractivity contribution in [2.75, 3.05) is 25.5 Å². The van der Waals surface area contributed by atoms with Crippen molar-refractivity contribution in [2.45, 2.75) is 0 Å². The van der Waals surface area contributed by atoms with Crippen molar-refractivity contribution in [3.63, 3.8) is 0 Å². The number of benzene rings is 2. The van der Waals surface area contributed by atoms with E-state index in [1.807, 2.05) is 53.3 Å². The summed E-state index contributed by atoms with van der Waals surface area (Å²) in [5.41, 5.74) is 9.62. The molecule has 0 radical (unpaired) electrons. The van der Waals surface area contributed by atoms with E-state index in [0.717, 1.165) is 28.4 Å². The molecule has 0 saturated carbocycles. The quantitative estimate of drug-likeness (QED) is 0.735. The molecule has 3 rings (SSSR count). The van der Waals surface area contributed by atoms with Crippen LogP contribution in [-0.2, 0) is 0 Å². The number of hydrogen-bond acceptors (Lipinski definition) is 4. The number of aromatic nitrogens is 2. The van der Waals surface area contributed by atoms with E-state index in [0.29, 0.717) is 13.1 Å². The van der Waals surface area contributed by atoms with Crippen molar-refractivity contribution in [3.05, 3.63) is 60.8 Å². The Morgan fingerprint density at radius 1 is 1.13 bits per heavy atom. The second kappa shape index (κ2) is 6.98. The van der Waals surface area contributed by atoms with E-state index < -0.39 is 0 Å². The second-order valence-corrected chi connectivity index (χ2v) is 5.10. The lowest BCUT2D eigenvalue weighted by molar-refractivity contribution is 0.414. The highest BCUT2D eigenvalue weighted by molar-refractivity contribution is 5.76. The highest BCUT2D eigenvalue weighted by atomic mass is 16.5. The molecule has 3 N–H and O–H groups in total. The van der Waals surface area contributed by atoms with Crippen molar-refractivity contribution in [1.29, 1.82) is 0 Å². The molecule has 23 heavy (non-hydrogen) atoms. The number of ether oxygens (including phenoxy) is 1. The van der Waals surface area contributed by atoms with Crippen LogP contribution in [0.2, 0.25) is 0 Å². The fourth-order valence-corrected chi connectivity index (χ4v) is 2.50. The highest BCUT2D eigenvalue weighted by Gasteiger charge is 2.14. The molecule has 0 amide bonds. The van der Waals surface area contributed by atoms with Gasteiger partial charge in [0.15, 0.2) is 0 Å². The first-order chi connectivity index (χ1) is 11.3. The molecule has 0 unspecified atom stereocenters. The lowest BCUT2D eigenvalue weighted by Gasteiger charge is -2.12. The number of hydrogen-bond donors (Lipinski definition) is 2. The monoisotopic (exact) mass is 308 g/mol. The van der Waals surface area contributed by atoms with Crippen molar-refractivity contribution in [2.24, 2.45) is 5.73 Å². The Kier molecular flexibility index (Phi) is 4.59. The lowest BCUT2D eigenvalue weighted by atomic mass is 10.1. The number of methoxy groups -OCH3 is 1. The minimum absolute atomic E-state index is 0.568. The molecule has 0 aliphatic heterocycles. The summed E-state index contributed by atoms with van der Waals surface area (Å²) in [6.07, 6.45) is 1.83. The van der Waals surface area contributed by atoms with Crippen LogP contribution in [0.1, 0.15) is 0 Å². The third-order valence-corrected chi connectivity index (χ3v) is 3.57. The zero-order chi connectivity index (χ0) is 16.1. The smallest absolute Gasteiger partial charge is 0.121 e. The molecule has 1 heterocycles. The van der Waals surface area contributed by atoms with E-state index in [1.54, 1.807) is 7.11 Å². The van der Waals surface area contributed by atoms with E-state index in [2.05, 4.69) is 22.5 Å². The van der Waals surface area contributed by atoms with Gasteiger partial charge in [0.25, 0.3) is 0 Å². The number of nitrogens with two attached hydrogens (primary N) is 1. The summed E-state index contributed by atoms with van der Waals surface area (Å²) >= 11 is 0. The average molecular weight is 308 g/mol. The molecule has 1 aromatic heterocycles. The Bertz CT molecular complexity index is 768. The topological polar surface area (TPSA) is 65.1 Å². The fraction of sp³-hybridized carbons (Fsp3) is 0.167. The molecule has 0 aliphatic rings. The van der Waals surface area contributed by atoms with Gasteiger partial charge in [-0.25, -0.2) is 4.68 Å². The normalized spacial score (nSPS) is 10.5. The summed E-state index contributed by atoms with van der Waals surface area (Å²) < 4.78 is 7.23. The molecule has 0 fully saturated rings. The SMILES string of the molecule is COc1cccc(-n2ncc(NCCN)c2-c2ccccc2)c1. The predicted molar refractivity (Wildman–Crippen MR) is 93.1 cm³/mol. The van der Waals surface area contributed by atoms with Crippen LogP contribution in [0.4, 0.5) is 5.69 Å². The Hall–Kier alpha value is -2.79. The number of anilines is 1. The van der Waals surface area contributed by atoms with Gasteiger partial charge in [-0.3, -0.25) is 0 Å². The van der Waals surface area contributed by atoms with Gasteiger partial charge >= 0.3 is 0 Å². The summed E-state index contributed by atoms with van der Waals surface area (Å²) in [5, 5.41) is 7.89. The molecule has 0 atom stereocenters. The third-order valence-electron chi connectivity index (χ3n) is 3.57. The van der Waals surface area contributed by atoms with E-state index >= 15 is 0 Å². The van der Waals surface area contributed by atoms with Crippen molar-refractivity contribution in [3.8, 4) is 22.7 Å². The number of nitrogens with one attached hydrogen (secondary N) is 1. The first kappa shape index (κ1) is 15.1. The van der Waals surface area contributed by atoms with Crippen molar-refractivity contribution < 1.29 is 4.74 Å². The molecule has 0 saturated heterocycles. The second-order valence-electron chi connectivity index (χ2n) is 5.10. The molecule has 5 nitrogen and oxygen atoms in total. The molecule has 5 heteroatoms. The zero-order valence-electron chi connectivity index (χ0n) is 13.1. The first-order valence-corrected chi connectivity index (χ1v) is 7.55. The Balaban J connectivity index is 2.11. The van der Waals surface area contributed by atoms with E-state index in [1.165, 1.54) is 0 Å². The molecular weight excluding hydrogens is 288 g/mol. The van der Waals surface area contributed by atoms with Crippen LogP contribution < -0.4 is 15.8 Å². The van der Waals surface area contributed by atoms with Crippen molar-refractivity contribution in [1.82, 2.24) is 9.78 Å². The maximum absolute atomic E-state index is 5.61. The molecule has 3 aromatic rings. The van der Waals surface area contributed by atoms with E-state index in [-0.39, 0.29) is 0 Å². The number of nitrogens with zero attached hydrogens (tertiary/aromatic N) is 2. The standard InChI is InChI=1S/C18H20N4O/c1-23-16-9-5-8-15(12-16)22-18(14-6-3-2-4-7-14)17(13-21-22)20-11-10-19/h2-9,12-13,20H,10-11,19H2,1H3. The summed E-state index contributed by atoms with van der Waals surface area (Å²) in [4.78, 5) is 0. The highest BCUT2D eigenvalue weighted by Crippen LogP contribution is 2.31. The van der Waals surface area contributed by atoms with Gasteiger partial charge in [0.05, 0.1) is 30.4 Å². The molecular formula is C18H20N4O. The van der Waals surface area contributed by atoms with Gasteiger partial charge in [0, 0.05) is 24.7 Å². The van der Waals surface area contributed by atoms with Gasteiger partial charge in [-0.2, -0.15) is 5.10 Å². The maximum Gasteiger partial charge on any atom is 0.121 e. The Morgan fingerprint density at radius 2 is 1.96 bits per heavy atom. The van der Waals surface area contributed by atoms with Gasteiger partial charge in [-0.1, -0.05) is 36.4 Å². The summed E-state index contributed by atoms with van der Waals surface area (Å²) in [6.45, 7) is 1.27. The molecule has 0 bridgehead atoms. The number of rotatable bonds is 6. The van der Waals surface area contributed by atoms with Gasteiger partial charge in [-0.05, 0) is 12.1 Å². The minimum Gasteiger partial charge on any atom is -0.497 e. The van der Waals surface area contributed by atoms with Crippen LogP contribution in [-0.4, -0.2) is 30.0 Å². The molecule has 0 aliphatic carbocycles. The molecule has 2 aromatic carbocycles. The Morgan fingerprint density at radius 3 is 2.70 bits per heavy atom. The maximum atomic E-state index is 5.61. The van der Waals surface area contributed by atoms with Crippen LogP contribution in [0.15, 0.2) is 60.8 Å². The first-order valence-electron chi connectivity index (χ1n) is 7.55. The minimum atomic E-state index is 0.568. The predicted octanol–water partition coefficient (Wildman–Crippen LogP) is 2.92. The van der Waals surface area contributed by atoms with Crippen LogP contribution in [0.5, 0.6) is 5.75 Å². The summed E-state index contributed by atoms with van der Waals surface area (Å²) in [7, 11) is 1.66. The van der Waals surface area contributed by atoms with Crippen LogP contribution >= 0.6 is 0 Å². The van der Waals surface area contributed by atoms with Gasteiger partial charge in [0.1, 0.15) is 5.75 Å². The molecule has 0 spiro atoms. The largest absolute Gasteiger partial charge is 0.497 e. The van der Waals surface area contributed by atoms with E-state index in [9.17, 15) is 0 Å². The zero-order valence-corrected chi connectivity index (χ0v) is 13.1. The summed E-state index contributed by atoms with van der Waals surface area (Å²) in [6, 6.07) is 18.0. The van der Waals surface area contributed by atoms with Crippen molar-refractivity contribution >= 4 is 5.69 Å². The average Bonchev–Trinajstić information content (AvgIpc) is 3.04. The third kappa shape index (κ3) is 3.19. The van der Waals surface area contributed by atoms with Gasteiger partial charge < -0.3 is 15.8 Å². The van der Waals surface area contributed by atoms with Gasteiger partial charge in [-0.15, -0.1) is 0 Å². The van der Waals surface area contributed by atoms with Crippen LogP contribution in [0.3, 0.4) is 0 Å². The van der Waals surface area contributed by atoms with E-state index in [4.69, 9.17) is 10.5 Å². The lowest BCUT2D eigenvalue weighted by Crippen LogP contribution is -2.13. The van der Waals surface area contributed by atoms with Crippen LogP contribution in [0.25, 0.3) is 16.9 Å². The van der Waals surface area contributed by atoms with Gasteiger partial charge in [0.2, 0.25) is 0 Å².